The fourth-order valence-electron chi connectivity index (χ4n) is 2.23. The molecule has 1 aliphatic rings. The van der Waals surface area contributed by atoms with Gasteiger partial charge in [-0.2, -0.15) is 0 Å². The third kappa shape index (κ3) is 2.60. The van der Waals surface area contributed by atoms with Crippen LogP contribution in [-0.4, -0.2) is 13.2 Å². The molecule has 1 fully saturated rings. The van der Waals surface area contributed by atoms with Gasteiger partial charge >= 0.3 is 0 Å². The van der Waals surface area contributed by atoms with Crippen LogP contribution in [0.3, 0.4) is 0 Å². The SMILES string of the molecule is CCC1(CCCc2ccccc2)COC1. The molecule has 0 bridgehead atoms. The Hall–Kier alpha value is -0.820. The van der Waals surface area contributed by atoms with E-state index in [1.54, 1.807) is 0 Å². The Bertz CT molecular complexity index is 282. The lowest BCUT2D eigenvalue weighted by molar-refractivity contribution is -0.120. The van der Waals surface area contributed by atoms with Crippen LogP contribution in [0.5, 0.6) is 0 Å². The van der Waals surface area contributed by atoms with Gasteiger partial charge in [-0.15, -0.1) is 0 Å². The summed E-state index contributed by atoms with van der Waals surface area (Å²) in [6.07, 6.45) is 5.09. The van der Waals surface area contributed by atoms with Crippen LogP contribution in [0.15, 0.2) is 30.3 Å². The zero-order valence-corrected chi connectivity index (χ0v) is 9.54. The van der Waals surface area contributed by atoms with Crippen molar-refractivity contribution in [3.63, 3.8) is 0 Å². The van der Waals surface area contributed by atoms with Gasteiger partial charge in [-0.3, -0.25) is 0 Å². The van der Waals surface area contributed by atoms with Gasteiger partial charge in [-0.05, 0) is 31.2 Å². The third-order valence-electron chi connectivity index (χ3n) is 3.58. The maximum absolute atomic E-state index is 5.33. The second-order valence-electron chi connectivity index (χ2n) is 4.69. The van der Waals surface area contributed by atoms with Crippen molar-refractivity contribution in [2.24, 2.45) is 5.41 Å². The summed E-state index contributed by atoms with van der Waals surface area (Å²) in [7, 11) is 0. The van der Waals surface area contributed by atoms with E-state index >= 15 is 0 Å². The van der Waals surface area contributed by atoms with Crippen LogP contribution in [-0.2, 0) is 11.2 Å². The van der Waals surface area contributed by atoms with Crippen molar-refractivity contribution in [1.29, 1.82) is 0 Å². The molecule has 0 N–H and O–H groups in total. The molecule has 1 nitrogen and oxygen atoms in total. The van der Waals surface area contributed by atoms with Gasteiger partial charge in [0.2, 0.25) is 0 Å². The largest absolute Gasteiger partial charge is 0.380 e. The number of hydrogen-bond acceptors (Lipinski definition) is 1. The molecule has 1 aromatic rings. The van der Waals surface area contributed by atoms with E-state index in [1.165, 1.54) is 31.2 Å². The minimum Gasteiger partial charge on any atom is -0.380 e. The number of benzene rings is 1. The summed E-state index contributed by atoms with van der Waals surface area (Å²) in [6, 6.07) is 10.8. The van der Waals surface area contributed by atoms with Gasteiger partial charge in [0.1, 0.15) is 0 Å². The molecule has 0 radical (unpaired) electrons. The van der Waals surface area contributed by atoms with E-state index in [-0.39, 0.29) is 0 Å². The van der Waals surface area contributed by atoms with Crippen molar-refractivity contribution in [2.45, 2.75) is 32.6 Å². The van der Waals surface area contributed by atoms with Gasteiger partial charge in [0.05, 0.1) is 13.2 Å². The molecule has 0 amide bonds. The standard InChI is InChI=1S/C14H20O/c1-2-14(11-15-12-14)10-6-9-13-7-4-3-5-8-13/h3-5,7-8H,2,6,9-12H2,1H3. The third-order valence-corrected chi connectivity index (χ3v) is 3.58. The van der Waals surface area contributed by atoms with Crippen molar-refractivity contribution in [3.05, 3.63) is 35.9 Å². The molecule has 2 rings (SSSR count). The fourth-order valence-corrected chi connectivity index (χ4v) is 2.23. The molecule has 1 aromatic carbocycles. The Morgan fingerprint density at radius 1 is 1.20 bits per heavy atom. The molecule has 82 valence electrons. The van der Waals surface area contributed by atoms with Crippen LogP contribution in [0.4, 0.5) is 0 Å². The first-order valence-corrected chi connectivity index (χ1v) is 5.96. The number of aryl methyl sites for hydroxylation is 1. The lowest BCUT2D eigenvalue weighted by Gasteiger charge is -2.41. The van der Waals surface area contributed by atoms with E-state index in [1.807, 2.05) is 0 Å². The highest BCUT2D eigenvalue weighted by molar-refractivity contribution is 5.14. The van der Waals surface area contributed by atoms with Crippen molar-refractivity contribution >= 4 is 0 Å². The van der Waals surface area contributed by atoms with Gasteiger partial charge < -0.3 is 4.74 Å². The number of rotatable bonds is 5. The van der Waals surface area contributed by atoms with Crippen molar-refractivity contribution in [1.82, 2.24) is 0 Å². The highest BCUT2D eigenvalue weighted by Gasteiger charge is 2.35. The Labute approximate surface area is 92.5 Å². The lowest BCUT2D eigenvalue weighted by Crippen LogP contribution is -2.41. The molecule has 0 spiro atoms. The molecule has 0 saturated carbocycles. The van der Waals surface area contributed by atoms with Crippen LogP contribution in [0.2, 0.25) is 0 Å². The molecule has 0 aliphatic carbocycles. The maximum Gasteiger partial charge on any atom is 0.0544 e. The van der Waals surface area contributed by atoms with E-state index in [4.69, 9.17) is 4.74 Å². The minimum atomic E-state index is 0.523. The van der Waals surface area contributed by atoms with E-state index in [2.05, 4.69) is 37.3 Å². The summed E-state index contributed by atoms with van der Waals surface area (Å²) in [5.41, 5.74) is 1.98. The Kier molecular flexibility index (Phi) is 3.42. The van der Waals surface area contributed by atoms with Crippen LogP contribution in [0.1, 0.15) is 31.7 Å². The van der Waals surface area contributed by atoms with Crippen LogP contribution in [0, 0.1) is 5.41 Å². The first kappa shape index (κ1) is 10.7. The highest BCUT2D eigenvalue weighted by Crippen LogP contribution is 2.36. The molecular weight excluding hydrogens is 184 g/mol. The molecule has 1 saturated heterocycles. The second kappa shape index (κ2) is 4.80. The van der Waals surface area contributed by atoms with Gasteiger partial charge in [-0.25, -0.2) is 0 Å². The fraction of sp³-hybridized carbons (Fsp3) is 0.571. The van der Waals surface area contributed by atoms with Crippen LogP contribution >= 0.6 is 0 Å². The quantitative estimate of drug-likeness (QED) is 0.714. The normalized spacial score (nSPS) is 18.5. The first-order chi connectivity index (χ1) is 7.35. The Balaban J connectivity index is 1.75. The van der Waals surface area contributed by atoms with Crippen LogP contribution < -0.4 is 0 Å². The van der Waals surface area contributed by atoms with E-state index in [0.29, 0.717) is 5.41 Å². The summed E-state index contributed by atoms with van der Waals surface area (Å²) >= 11 is 0. The van der Waals surface area contributed by atoms with E-state index in [0.717, 1.165) is 13.2 Å². The first-order valence-electron chi connectivity index (χ1n) is 5.96. The summed E-state index contributed by atoms with van der Waals surface area (Å²) in [6.45, 7) is 4.25. The molecule has 0 aromatic heterocycles. The van der Waals surface area contributed by atoms with E-state index in [9.17, 15) is 0 Å². The topological polar surface area (TPSA) is 9.23 Å². The van der Waals surface area contributed by atoms with Crippen LogP contribution in [0.25, 0.3) is 0 Å². The second-order valence-corrected chi connectivity index (χ2v) is 4.69. The average molecular weight is 204 g/mol. The maximum atomic E-state index is 5.33. The predicted octanol–water partition coefficient (Wildman–Crippen LogP) is 3.44. The lowest BCUT2D eigenvalue weighted by atomic mass is 9.78. The average Bonchev–Trinajstić information content (AvgIpc) is 2.24. The Morgan fingerprint density at radius 3 is 2.47 bits per heavy atom. The zero-order chi connectivity index (χ0) is 10.6. The van der Waals surface area contributed by atoms with Gasteiger partial charge in [-0.1, -0.05) is 37.3 Å². The van der Waals surface area contributed by atoms with Crippen molar-refractivity contribution < 1.29 is 4.74 Å². The predicted molar refractivity (Wildman–Crippen MR) is 62.9 cm³/mol. The van der Waals surface area contributed by atoms with Gasteiger partial charge in [0.15, 0.2) is 0 Å². The summed E-state index contributed by atoms with van der Waals surface area (Å²) < 4.78 is 5.33. The molecule has 1 aliphatic heterocycles. The van der Waals surface area contributed by atoms with E-state index < -0.39 is 0 Å². The molecule has 0 unspecified atom stereocenters. The molecule has 1 heteroatoms. The molecule has 15 heavy (non-hydrogen) atoms. The zero-order valence-electron chi connectivity index (χ0n) is 9.54. The minimum absolute atomic E-state index is 0.523. The summed E-state index contributed by atoms with van der Waals surface area (Å²) in [4.78, 5) is 0. The molecule has 1 heterocycles. The summed E-state index contributed by atoms with van der Waals surface area (Å²) in [5.74, 6) is 0. The molecule has 0 atom stereocenters. The Morgan fingerprint density at radius 2 is 1.93 bits per heavy atom. The van der Waals surface area contributed by atoms with Gasteiger partial charge in [0.25, 0.3) is 0 Å². The highest BCUT2D eigenvalue weighted by atomic mass is 16.5. The number of hydrogen-bond donors (Lipinski definition) is 0. The smallest absolute Gasteiger partial charge is 0.0544 e. The van der Waals surface area contributed by atoms with Gasteiger partial charge in [0, 0.05) is 5.41 Å². The summed E-state index contributed by atoms with van der Waals surface area (Å²) in [5, 5.41) is 0. The van der Waals surface area contributed by atoms with Crippen molar-refractivity contribution in [2.75, 3.05) is 13.2 Å². The van der Waals surface area contributed by atoms with Crippen molar-refractivity contribution in [3.8, 4) is 0 Å². The monoisotopic (exact) mass is 204 g/mol. The number of ether oxygens (including phenoxy) is 1. The molecular formula is C14H20O.